The summed E-state index contributed by atoms with van der Waals surface area (Å²) in [4.78, 5) is 35.2. The highest BCUT2D eigenvalue weighted by Crippen LogP contribution is 2.28. The summed E-state index contributed by atoms with van der Waals surface area (Å²) >= 11 is 0. The number of benzene rings is 1. The number of rotatable bonds is 7. The Morgan fingerprint density at radius 3 is 2.44 bits per heavy atom. The fourth-order valence-electron chi connectivity index (χ4n) is 4.20. The van der Waals surface area contributed by atoms with Crippen molar-refractivity contribution in [1.82, 2.24) is 15.3 Å². The summed E-state index contributed by atoms with van der Waals surface area (Å²) in [6.07, 6.45) is 6.61. The number of carbonyl (C=O) groups excluding carboxylic acids is 2. The fraction of sp³-hybridized carbons (Fsp3) is 0.478. The van der Waals surface area contributed by atoms with Gasteiger partial charge in [-0.15, -0.1) is 0 Å². The third-order valence-electron chi connectivity index (χ3n) is 5.99. The van der Waals surface area contributed by atoms with Gasteiger partial charge in [0.2, 0.25) is 23.6 Å². The Labute approximate surface area is 187 Å². The zero-order valence-corrected chi connectivity index (χ0v) is 18.3. The van der Waals surface area contributed by atoms with Gasteiger partial charge < -0.3 is 24.4 Å². The summed E-state index contributed by atoms with van der Waals surface area (Å²) in [5.41, 5.74) is 0.782. The lowest BCUT2D eigenvalue weighted by molar-refractivity contribution is -0.127. The van der Waals surface area contributed by atoms with Crippen LogP contribution >= 0.6 is 0 Å². The molecule has 2 heterocycles. The molecular weight excluding hydrogens is 412 g/mol. The second-order valence-corrected chi connectivity index (χ2v) is 8.10. The molecule has 1 aromatic carbocycles. The van der Waals surface area contributed by atoms with Crippen molar-refractivity contribution in [2.75, 3.05) is 25.7 Å². The number of ether oxygens (including phenoxy) is 3. The van der Waals surface area contributed by atoms with Gasteiger partial charge in [-0.25, -0.2) is 0 Å². The molecule has 170 valence electrons. The Morgan fingerprint density at radius 1 is 1.03 bits per heavy atom. The van der Waals surface area contributed by atoms with E-state index < -0.39 is 0 Å². The third kappa shape index (κ3) is 5.09. The summed E-state index contributed by atoms with van der Waals surface area (Å²) in [5, 5.41) is 3.13. The first kappa shape index (κ1) is 21.9. The molecule has 1 saturated heterocycles. The number of anilines is 1. The van der Waals surface area contributed by atoms with Gasteiger partial charge in [-0.2, -0.15) is 4.98 Å². The van der Waals surface area contributed by atoms with E-state index in [1.807, 2.05) is 24.3 Å². The van der Waals surface area contributed by atoms with Crippen molar-refractivity contribution in [3.8, 4) is 17.5 Å². The minimum Gasteiger partial charge on any atom is -0.497 e. The van der Waals surface area contributed by atoms with Crippen LogP contribution in [-0.2, 0) is 9.59 Å². The van der Waals surface area contributed by atoms with Crippen molar-refractivity contribution in [3.05, 3.63) is 36.7 Å². The lowest BCUT2D eigenvalue weighted by atomic mass is 9.92. The molecule has 0 radical (unpaired) electrons. The van der Waals surface area contributed by atoms with E-state index in [9.17, 15) is 9.59 Å². The third-order valence-corrected chi connectivity index (χ3v) is 5.99. The van der Waals surface area contributed by atoms with Crippen LogP contribution in [0, 0.1) is 5.92 Å². The van der Waals surface area contributed by atoms with Gasteiger partial charge in [-0.05, 0) is 49.9 Å². The molecule has 0 spiro atoms. The normalized spacial score (nSPS) is 23.0. The van der Waals surface area contributed by atoms with Crippen molar-refractivity contribution in [2.45, 2.75) is 44.2 Å². The first-order chi connectivity index (χ1) is 15.6. The number of methoxy groups -OCH3 is 2. The summed E-state index contributed by atoms with van der Waals surface area (Å²) in [6.45, 7) is 0.393. The molecule has 0 bridgehead atoms. The van der Waals surface area contributed by atoms with Crippen molar-refractivity contribution < 1.29 is 23.8 Å². The Bertz CT molecular complexity index is 944. The summed E-state index contributed by atoms with van der Waals surface area (Å²) in [7, 11) is 3.14. The zero-order valence-electron chi connectivity index (χ0n) is 18.3. The topological polar surface area (TPSA) is 103 Å². The molecule has 2 aromatic rings. The maximum absolute atomic E-state index is 12.8. The number of carbonyl (C=O) groups is 2. The van der Waals surface area contributed by atoms with Crippen LogP contribution in [0.2, 0.25) is 0 Å². The largest absolute Gasteiger partial charge is 0.497 e. The van der Waals surface area contributed by atoms with Crippen LogP contribution in [-0.4, -0.2) is 54.7 Å². The van der Waals surface area contributed by atoms with Gasteiger partial charge in [0.05, 0.1) is 32.5 Å². The Morgan fingerprint density at radius 2 is 1.75 bits per heavy atom. The predicted molar refractivity (Wildman–Crippen MR) is 117 cm³/mol. The Balaban J connectivity index is 1.25. The van der Waals surface area contributed by atoms with Crippen LogP contribution in [0.4, 0.5) is 5.69 Å². The molecule has 1 unspecified atom stereocenters. The SMILES string of the molecule is COc1ccc(N2CC(C(=O)NC3CCC(Oc4cncc(OC)n4)CC3)CC2=O)cc1. The molecule has 9 nitrogen and oxygen atoms in total. The van der Waals surface area contributed by atoms with Crippen LogP contribution in [0.3, 0.4) is 0 Å². The maximum Gasteiger partial charge on any atom is 0.235 e. The predicted octanol–water partition coefficient (Wildman–Crippen LogP) is 2.35. The van der Waals surface area contributed by atoms with Gasteiger partial charge in [0, 0.05) is 24.7 Å². The molecule has 1 aliphatic heterocycles. The van der Waals surface area contributed by atoms with E-state index in [2.05, 4.69) is 15.3 Å². The van der Waals surface area contributed by atoms with Gasteiger partial charge in [0.1, 0.15) is 11.9 Å². The lowest BCUT2D eigenvalue weighted by Gasteiger charge is -2.29. The van der Waals surface area contributed by atoms with E-state index >= 15 is 0 Å². The highest BCUT2D eigenvalue weighted by atomic mass is 16.5. The van der Waals surface area contributed by atoms with E-state index in [-0.39, 0.29) is 36.3 Å². The van der Waals surface area contributed by atoms with Crippen LogP contribution in [0.1, 0.15) is 32.1 Å². The maximum atomic E-state index is 12.8. The van der Waals surface area contributed by atoms with Crippen molar-refractivity contribution in [1.29, 1.82) is 0 Å². The lowest BCUT2D eigenvalue weighted by Crippen LogP contribution is -2.43. The fourth-order valence-corrected chi connectivity index (χ4v) is 4.20. The molecule has 2 fully saturated rings. The molecule has 1 aliphatic carbocycles. The smallest absolute Gasteiger partial charge is 0.235 e. The molecular formula is C23H28N4O5. The van der Waals surface area contributed by atoms with Crippen LogP contribution in [0.25, 0.3) is 0 Å². The molecule has 4 rings (SSSR count). The van der Waals surface area contributed by atoms with Crippen molar-refractivity contribution in [3.63, 3.8) is 0 Å². The van der Waals surface area contributed by atoms with E-state index in [0.29, 0.717) is 18.3 Å². The minimum absolute atomic E-state index is 0.0307. The standard InChI is InChI=1S/C23H28N4O5/c1-30-18-9-5-17(6-10-18)27-14-15(11-22(27)28)23(29)25-16-3-7-19(8-4-16)32-21-13-24-12-20(26-21)31-2/h5-6,9-10,12-13,15-16,19H,3-4,7-8,11,14H2,1-2H3,(H,25,29). The second kappa shape index (κ2) is 9.84. The zero-order chi connectivity index (χ0) is 22.5. The van der Waals surface area contributed by atoms with Gasteiger partial charge in [-0.3, -0.25) is 14.6 Å². The number of hydrogen-bond acceptors (Lipinski definition) is 7. The summed E-state index contributed by atoms with van der Waals surface area (Å²) in [6, 6.07) is 7.39. The Hall–Kier alpha value is -3.36. The van der Waals surface area contributed by atoms with E-state index in [1.54, 1.807) is 18.2 Å². The first-order valence-corrected chi connectivity index (χ1v) is 10.8. The molecule has 2 amide bonds. The number of aromatic nitrogens is 2. The molecule has 9 heteroatoms. The van der Waals surface area contributed by atoms with E-state index in [1.165, 1.54) is 13.3 Å². The van der Waals surface area contributed by atoms with Crippen molar-refractivity contribution in [2.24, 2.45) is 5.92 Å². The number of hydrogen-bond donors (Lipinski definition) is 1. The number of nitrogens with zero attached hydrogens (tertiary/aromatic N) is 3. The molecule has 32 heavy (non-hydrogen) atoms. The number of amides is 2. The second-order valence-electron chi connectivity index (χ2n) is 8.10. The van der Waals surface area contributed by atoms with E-state index in [4.69, 9.17) is 14.2 Å². The summed E-state index contributed by atoms with van der Waals surface area (Å²) < 4.78 is 16.2. The number of nitrogens with one attached hydrogen (secondary N) is 1. The quantitative estimate of drug-likeness (QED) is 0.705. The minimum atomic E-state index is -0.342. The Kier molecular flexibility index (Phi) is 6.72. The highest BCUT2D eigenvalue weighted by molar-refractivity contribution is 6.00. The van der Waals surface area contributed by atoms with E-state index in [0.717, 1.165) is 37.1 Å². The monoisotopic (exact) mass is 440 g/mol. The average molecular weight is 441 g/mol. The molecule has 1 N–H and O–H groups in total. The molecule has 2 aliphatic rings. The van der Waals surface area contributed by atoms with Gasteiger partial charge in [0.25, 0.3) is 0 Å². The first-order valence-electron chi connectivity index (χ1n) is 10.8. The molecule has 1 saturated carbocycles. The van der Waals surface area contributed by atoms with Crippen LogP contribution in [0.15, 0.2) is 36.7 Å². The van der Waals surface area contributed by atoms with Crippen LogP contribution in [0.5, 0.6) is 17.5 Å². The van der Waals surface area contributed by atoms with Gasteiger partial charge in [-0.1, -0.05) is 0 Å². The van der Waals surface area contributed by atoms with Crippen molar-refractivity contribution >= 4 is 17.5 Å². The molecule has 1 aromatic heterocycles. The van der Waals surface area contributed by atoms with Gasteiger partial charge in [0.15, 0.2) is 0 Å². The molecule has 1 atom stereocenters. The highest BCUT2D eigenvalue weighted by Gasteiger charge is 2.36. The van der Waals surface area contributed by atoms with Crippen LogP contribution < -0.4 is 24.4 Å². The average Bonchev–Trinajstić information content (AvgIpc) is 3.22. The summed E-state index contributed by atoms with van der Waals surface area (Å²) in [5.74, 6) is 1.15. The van der Waals surface area contributed by atoms with Gasteiger partial charge >= 0.3 is 0 Å².